The van der Waals surface area contributed by atoms with E-state index in [9.17, 15) is 4.79 Å². The van der Waals surface area contributed by atoms with Gasteiger partial charge in [-0.15, -0.1) is 10.2 Å². The Hall–Kier alpha value is -3.29. The van der Waals surface area contributed by atoms with Gasteiger partial charge in [-0.3, -0.25) is 4.79 Å². The molecule has 3 heterocycles. The molecular formula is C17H19N7O3. The molecule has 0 radical (unpaired) electrons. The SMILES string of the molecule is CNC(=O)c1nnc(Nc2ccc(C#N)cn2)cc1OCC1CNCCO1. The van der Waals surface area contributed by atoms with E-state index >= 15 is 0 Å². The molecular weight excluding hydrogens is 350 g/mol. The van der Waals surface area contributed by atoms with Crippen molar-refractivity contribution < 1.29 is 14.3 Å². The van der Waals surface area contributed by atoms with Crippen molar-refractivity contribution >= 4 is 17.5 Å². The standard InChI is InChI=1S/C17H19N7O3/c1-19-17(25)16-13(27-10-12-9-20-4-5-26-12)6-15(23-24-16)22-14-3-2-11(7-18)8-21-14/h2-3,6,8,12,20H,4-5,9-10H2,1H3,(H,19,25)(H,21,22,23). The van der Waals surface area contributed by atoms with Gasteiger partial charge in [0.15, 0.2) is 17.3 Å². The van der Waals surface area contributed by atoms with E-state index in [-0.39, 0.29) is 24.2 Å². The zero-order valence-electron chi connectivity index (χ0n) is 14.7. The topological polar surface area (TPSA) is 134 Å². The van der Waals surface area contributed by atoms with E-state index in [1.807, 2.05) is 6.07 Å². The maximum atomic E-state index is 12.0. The molecule has 140 valence electrons. The molecule has 0 aliphatic carbocycles. The van der Waals surface area contributed by atoms with Crippen LogP contribution in [0.1, 0.15) is 16.1 Å². The van der Waals surface area contributed by atoms with Crippen LogP contribution in [-0.2, 0) is 4.74 Å². The van der Waals surface area contributed by atoms with E-state index < -0.39 is 5.91 Å². The highest BCUT2D eigenvalue weighted by Crippen LogP contribution is 2.22. The summed E-state index contributed by atoms with van der Waals surface area (Å²) >= 11 is 0. The Bertz CT molecular complexity index is 829. The quantitative estimate of drug-likeness (QED) is 0.653. The van der Waals surface area contributed by atoms with Crippen LogP contribution >= 0.6 is 0 Å². The molecule has 1 unspecified atom stereocenters. The van der Waals surface area contributed by atoms with Crippen molar-refractivity contribution in [3.8, 4) is 11.8 Å². The van der Waals surface area contributed by atoms with Crippen LogP contribution in [0.25, 0.3) is 0 Å². The van der Waals surface area contributed by atoms with Crippen LogP contribution < -0.4 is 20.7 Å². The Kier molecular flexibility index (Phi) is 6.09. The van der Waals surface area contributed by atoms with Crippen molar-refractivity contribution in [3.05, 3.63) is 35.7 Å². The maximum Gasteiger partial charge on any atom is 0.275 e. The van der Waals surface area contributed by atoms with Gasteiger partial charge in [0.1, 0.15) is 24.6 Å². The van der Waals surface area contributed by atoms with Gasteiger partial charge in [0.2, 0.25) is 0 Å². The molecule has 1 fully saturated rings. The number of morpholine rings is 1. The molecule has 10 nitrogen and oxygen atoms in total. The summed E-state index contributed by atoms with van der Waals surface area (Å²) in [5, 5.41) is 25.5. The minimum Gasteiger partial charge on any atom is -0.488 e. The fraction of sp³-hybridized carbons (Fsp3) is 0.353. The van der Waals surface area contributed by atoms with Crippen molar-refractivity contribution in [1.29, 1.82) is 5.26 Å². The Morgan fingerprint density at radius 3 is 3.00 bits per heavy atom. The molecule has 2 aromatic heterocycles. The van der Waals surface area contributed by atoms with Crippen molar-refractivity contribution in [2.24, 2.45) is 0 Å². The zero-order valence-corrected chi connectivity index (χ0v) is 14.7. The molecule has 0 bridgehead atoms. The second kappa shape index (κ2) is 8.88. The highest BCUT2D eigenvalue weighted by molar-refractivity contribution is 5.94. The molecule has 0 aromatic carbocycles. The third-order valence-corrected chi connectivity index (χ3v) is 3.78. The summed E-state index contributed by atoms with van der Waals surface area (Å²) in [6.07, 6.45) is 1.33. The highest BCUT2D eigenvalue weighted by Gasteiger charge is 2.19. The Morgan fingerprint density at radius 1 is 1.44 bits per heavy atom. The first-order valence-corrected chi connectivity index (χ1v) is 8.37. The number of pyridine rings is 1. The number of aromatic nitrogens is 3. The third kappa shape index (κ3) is 4.87. The number of amides is 1. The van der Waals surface area contributed by atoms with Crippen molar-refractivity contribution in [2.45, 2.75) is 6.10 Å². The van der Waals surface area contributed by atoms with E-state index in [0.29, 0.717) is 30.4 Å². The second-order valence-electron chi connectivity index (χ2n) is 5.70. The van der Waals surface area contributed by atoms with Gasteiger partial charge >= 0.3 is 0 Å². The predicted molar refractivity (Wildman–Crippen MR) is 95.8 cm³/mol. The second-order valence-corrected chi connectivity index (χ2v) is 5.70. The molecule has 1 aliphatic heterocycles. The van der Waals surface area contributed by atoms with Gasteiger partial charge in [0.25, 0.3) is 5.91 Å². The molecule has 3 rings (SSSR count). The number of ether oxygens (including phenoxy) is 2. The molecule has 0 saturated carbocycles. The summed E-state index contributed by atoms with van der Waals surface area (Å²) in [4.78, 5) is 16.1. The van der Waals surface area contributed by atoms with Gasteiger partial charge in [-0.05, 0) is 12.1 Å². The average molecular weight is 369 g/mol. The van der Waals surface area contributed by atoms with Gasteiger partial charge in [0.05, 0.1) is 12.2 Å². The maximum absolute atomic E-state index is 12.0. The summed E-state index contributed by atoms with van der Waals surface area (Å²) < 4.78 is 11.4. The minimum absolute atomic E-state index is 0.0830. The third-order valence-electron chi connectivity index (χ3n) is 3.78. The Morgan fingerprint density at radius 2 is 2.33 bits per heavy atom. The normalized spacial score (nSPS) is 16.2. The summed E-state index contributed by atoms with van der Waals surface area (Å²) in [5.41, 5.74) is 0.534. The molecule has 10 heteroatoms. The summed E-state index contributed by atoms with van der Waals surface area (Å²) in [6, 6.07) is 6.86. The van der Waals surface area contributed by atoms with Gasteiger partial charge in [-0.25, -0.2) is 4.98 Å². The molecule has 3 N–H and O–H groups in total. The van der Waals surface area contributed by atoms with E-state index in [4.69, 9.17) is 14.7 Å². The number of rotatable bonds is 6. The van der Waals surface area contributed by atoms with Gasteiger partial charge in [0, 0.05) is 32.4 Å². The molecule has 1 saturated heterocycles. The first-order chi connectivity index (χ1) is 13.2. The number of anilines is 2. The zero-order chi connectivity index (χ0) is 19.1. The number of hydrogen-bond acceptors (Lipinski definition) is 9. The highest BCUT2D eigenvalue weighted by atomic mass is 16.5. The first-order valence-electron chi connectivity index (χ1n) is 8.37. The van der Waals surface area contributed by atoms with Crippen LogP contribution in [0.2, 0.25) is 0 Å². The summed E-state index contributed by atoms with van der Waals surface area (Å²) in [7, 11) is 1.51. The lowest BCUT2D eigenvalue weighted by molar-refractivity contribution is -0.0000825. The number of nitrogens with one attached hydrogen (secondary N) is 3. The molecule has 2 aromatic rings. The monoisotopic (exact) mass is 369 g/mol. The van der Waals surface area contributed by atoms with Gasteiger partial charge < -0.3 is 25.4 Å². The van der Waals surface area contributed by atoms with Crippen LogP contribution in [0.15, 0.2) is 24.4 Å². The summed E-state index contributed by atoms with van der Waals surface area (Å²) in [6.45, 7) is 2.37. The first kappa shape index (κ1) is 18.5. The molecule has 1 amide bonds. The van der Waals surface area contributed by atoms with E-state index in [0.717, 1.165) is 6.54 Å². The van der Waals surface area contributed by atoms with Crippen molar-refractivity contribution in [1.82, 2.24) is 25.8 Å². The largest absolute Gasteiger partial charge is 0.488 e. The van der Waals surface area contributed by atoms with E-state index in [2.05, 4.69) is 31.1 Å². The molecule has 1 atom stereocenters. The lowest BCUT2D eigenvalue weighted by atomic mass is 10.3. The van der Waals surface area contributed by atoms with Crippen molar-refractivity contribution in [2.75, 3.05) is 38.7 Å². The Balaban J connectivity index is 1.76. The van der Waals surface area contributed by atoms with Crippen LogP contribution in [0.3, 0.4) is 0 Å². The fourth-order valence-corrected chi connectivity index (χ4v) is 2.40. The fourth-order valence-electron chi connectivity index (χ4n) is 2.40. The van der Waals surface area contributed by atoms with Crippen molar-refractivity contribution in [3.63, 3.8) is 0 Å². The molecule has 0 spiro atoms. The summed E-state index contributed by atoms with van der Waals surface area (Å²) in [5.74, 6) is 0.734. The number of nitriles is 1. The number of carbonyl (C=O) groups excluding carboxylic acids is 1. The lowest BCUT2D eigenvalue weighted by Gasteiger charge is -2.23. The molecule has 27 heavy (non-hydrogen) atoms. The smallest absolute Gasteiger partial charge is 0.275 e. The van der Waals surface area contributed by atoms with Crippen LogP contribution in [0.5, 0.6) is 5.75 Å². The Labute approximate surface area is 155 Å². The van der Waals surface area contributed by atoms with Gasteiger partial charge in [-0.2, -0.15) is 5.26 Å². The predicted octanol–water partition coefficient (Wildman–Crippen LogP) is 0.214. The average Bonchev–Trinajstić information content (AvgIpc) is 2.73. The van der Waals surface area contributed by atoms with E-state index in [1.165, 1.54) is 13.2 Å². The minimum atomic E-state index is -0.400. The lowest BCUT2D eigenvalue weighted by Crippen LogP contribution is -2.41. The van der Waals surface area contributed by atoms with Crippen LogP contribution in [0, 0.1) is 11.3 Å². The van der Waals surface area contributed by atoms with E-state index in [1.54, 1.807) is 18.2 Å². The van der Waals surface area contributed by atoms with Crippen LogP contribution in [0.4, 0.5) is 11.6 Å². The van der Waals surface area contributed by atoms with Crippen LogP contribution in [-0.4, -0.2) is 60.5 Å². The number of hydrogen-bond donors (Lipinski definition) is 3. The number of nitrogens with zero attached hydrogens (tertiary/aromatic N) is 4. The van der Waals surface area contributed by atoms with Gasteiger partial charge in [-0.1, -0.05) is 0 Å². The number of carbonyl (C=O) groups is 1. The molecule has 1 aliphatic rings.